The lowest BCUT2D eigenvalue weighted by Crippen LogP contribution is -2.41. The van der Waals surface area contributed by atoms with Crippen molar-refractivity contribution < 1.29 is 9.47 Å². The molecule has 1 N–H and O–H groups in total. The topological polar surface area (TPSA) is 80.1 Å². The summed E-state index contributed by atoms with van der Waals surface area (Å²) in [5.74, 6) is 0.310. The summed E-state index contributed by atoms with van der Waals surface area (Å²) in [6.07, 6.45) is 4.33. The maximum Gasteiger partial charge on any atom is 0.251 e. The van der Waals surface area contributed by atoms with E-state index in [-0.39, 0.29) is 11.7 Å². The molecule has 1 atom stereocenters. The van der Waals surface area contributed by atoms with Gasteiger partial charge in [0, 0.05) is 6.42 Å². The van der Waals surface area contributed by atoms with Crippen molar-refractivity contribution in [3.05, 3.63) is 17.8 Å². The van der Waals surface area contributed by atoms with E-state index in [1.54, 1.807) is 6.07 Å². The van der Waals surface area contributed by atoms with E-state index in [2.05, 4.69) is 21.6 Å². The van der Waals surface area contributed by atoms with Gasteiger partial charge in [0.2, 0.25) is 0 Å². The first-order valence-electron chi connectivity index (χ1n) is 6.54. The van der Waals surface area contributed by atoms with Gasteiger partial charge in [-0.25, -0.2) is 0 Å². The number of piperidine rings is 1. The van der Waals surface area contributed by atoms with Crippen LogP contribution in [-0.2, 0) is 4.74 Å². The standard InChI is InChI=1S/C13H16N4O2/c14-8-10-1-4-16-17-12(10)19-11-7-13(18-9-11)2-5-15-6-3-13/h1,4,11,15H,2-3,5-7,9H2. The molecule has 0 aliphatic carbocycles. The van der Waals surface area contributed by atoms with E-state index in [1.807, 2.05) is 0 Å². The second kappa shape index (κ2) is 5.11. The van der Waals surface area contributed by atoms with Crippen LogP contribution in [0.3, 0.4) is 0 Å². The van der Waals surface area contributed by atoms with Gasteiger partial charge >= 0.3 is 0 Å². The molecule has 1 aromatic rings. The van der Waals surface area contributed by atoms with Crippen molar-refractivity contribution in [2.24, 2.45) is 0 Å². The maximum absolute atomic E-state index is 9.00. The van der Waals surface area contributed by atoms with Crippen LogP contribution in [-0.4, -0.2) is 41.6 Å². The zero-order valence-corrected chi connectivity index (χ0v) is 10.6. The quantitative estimate of drug-likeness (QED) is 0.840. The van der Waals surface area contributed by atoms with E-state index in [0.29, 0.717) is 18.1 Å². The monoisotopic (exact) mass is 260 g/mol. The highest BCUT2D eigenvalue weighted by molar-refractivity contribution is 5.35. The Morgan fingerprint density at radius 2 is 2.32 bits per heavy atom. The highest BCUT2D eigenvalue weighted by Crippen LogP contribution is 2.35. The van der Waals surface area contributed by atoms with E-state index in [1.165, 1.54) is 6.20 Å². The molecule has 0 amide bonds. The fourth-order valence-electron chi connectivity index (χ4n) is 2.76. The third kappa shape index (κ3) is 2.53. The number of aromatic nitrogens is 2. The average molecular weight is 260 g/mol. The van der Waals surface area contributed by atoms with Gasteiger partial charge in [0.1, 0.15) is 17.7 Å². The van der Waals surface area contributed by atoms with Crippen LogP contribution in [0.25, 0.3) is 0 Å². The van der Waals surface area contributed by atoms with Gasteiger partial charge in [-0.3, -0.25) is 0 Å². The molecular formula is C13H16N4O2. The van der Waals surface area contributed by atoms with Crippen molar-refractivity contribution in [3.63, 3.8) is 0 Å². The van der Waals surface area contributed by atoms with Gasteiger partial charge in [-0.15, -0.1) is 5.10 Å². The zero-order valence-electron chi connectivity index (χ0n) is 10.6. The van der Waals surface area contributed by atoms with Gasteiger partial charge in [0.05, 0.1) is 18.4 Å². The number of nitrogens with zero attached hydrogens (tertiary/aromatic N) is 3. The number of nitriles is 1. The van der Waals surface area contributed by atoms with E-state index in [9.17, 15) is 0 Å². The molecule has 6 heteroatoms. The molecule has 2 aliphatic rings. The minimum Gasteiger partial charge on any atom is -0.470 e. The molecule has 2 fully saturated rings. The van der Waals surface area contributed by atoms with Gasteiger partial charge in [-0.05, 0) is 32.0 Å². The van der Waals surface area contributed by atoms with Crippen molar-refractivity contribution in [2.75, 3.05) is 19.7 Å². The van der Waals surface area contributed by atoms with Crippen LogP contribution in [0.2, 0.25) is 0 Å². The Bertz CT molecular complexity index is 494. The molecule has 0 saturated carbocycles. The van der Waals surface area contributed by atoms with E-state index < -0.39 is 0 Å². The van der Waals surface area contributed by atoms with Crippen LogP contribution in [0.15, 0.2) is 12.3 Å². The molecule has 1 unspecified atom stereocenters. The summed E-state index contributed by atoms with van der Waals surface area (Å²) in [6.45, 7) is 2.53. The molecule has 3 rings (SSSR count). The Labute approximate surface area is 111 Å². The summed E-state index contributed by atoms with van der Waals surface area (Å²) in [5.41, 5.74) is 0.367. The molecule has 6 nitrogen and oxygen atoms in total. The molecule has 2 saturated heterocycles. The molecule has 1 aromatic heterocycles. The van der Waals surface area contributed by atoms with Crippen molar-refractivity contribution in [2.45, 2.75) is 31.0 Å². The molecule has 100 valence electrons. The SMILES string of the molecule is N#Cc1ccnnc1OC1COC2(CCNCC2)C1. The summed E-state index contributed by atoms with van der Waals surface area (Å²) in [5, 5.41) is 20.0. The largest absolute Gasteiger partial charge is 0.470 e. The molecular weight excluding hydrogens is 244 g/mol. The van der Waals surface area contributed by atoms with Crippen LogP contribution in [0.1, 0.15) is 24.8 Å². The third-order valence-corrected chi connectivity index (χ3v) is 3.78. The van der Waals surface area contributed by atoms with Gasteiger partial charge in [0.15, 0.2) is 0 Å². The first-order valence-corrected chi connectivity index (χ1v) is 6.54. The number of ether oxygens (including phenoxy) is 2. The lowest BCUT2D eigenvalue weighted by molar-refractivity contribution is -0.0206. The summed E-state index contributed by atoms with van der Waals surface area (Å²) < 4.78 is 11.7. The van der Waals surface area contributed by atoms with Crippen molar-refractivity contribution in [1.29, 1.82) is 5.26 Å². The van der Waals surface area contributed by atoms with E-state index in [4.69, 9.17) is 14.7 Å². The Balaban J connectivity index is 1.67. The molecule has 0 radical (unpaired) electrons. The van der Waals surface area contributed by atoms with Crippen LogP contribution < -0.4 is 10.1 Å². The third-order valence-electron chi connectivity index (χ3n) is 3.78. The lowest BCUT2D eigenvalue weighted by Gasteiger charge is -2.32. The van der Waals surface area contributed by atoms with Gasteiger partial charge in [0.25, 0.3) is 5.88 Å². The summed E-state index contributed by atoms with van der Waals surface area (Å²) >= 11 is 0. The van der Waals surface area contributed by atoms with Crippen LogP contribution in [0.4, 0.5) is 0 Å². The Morgan fingerprint density at radius 3 is 3.11 bits per heavy atom. The molecule has 0 aromatic carbocycles. The second-order valence-electron chi connectivity index (χ2n) is 5.05. The first-order chi connectivity index (χ1) is 9.31. The summed E-state index contributed by atoms with van der Waals surface area (Å²) in [7, 11) is 0. The minimum atomic E-state index is -0.0507. The van der Waals surface area contributed by atoms with E-state index >= 15 is 0 Å². The predicted octanol–water partition coefficient (Wildman–Crippen LogP) is 0.638. The minimum absolute atomic E-state index is 0.0399. The fourth-order valence-corrected chi connectivity index (χ4v) is 2.76. The highest BCUT2D eigenvalue weighted by Gasteiger charge is 2.42. The predicted molar refractivity (Wildman–Crippen MR) is 66.6 cm³/mol. The normalized spacial score (nSPS) is 25.1. The van der Waals surface area contributed by atoms with Crippen LogP contribution in [0.5, 0.6) is 5.88 Å². The summed E-state index contributed by atoms with van der Waals surface area (Å²) in [6, 6.07) is 3.67. The fraction of sp³-hybridized carbons (Fsp3) is 0.615. The van der Waals surface area contributed by atoms with Crippen molar-refractivity contribution >= 4 is 0 Å². The molecule has 2 aliphatic heterocycles. The van der Waals surface area contributed by atoms with Crippen LogP contribution >= 0.6 is 0 Å². The Kier molecular flexibility index (Phi) is 3.32. The van der Waals surface area contributed by atoms with Gasteiger partial charge in [-0.1, -0.05) is 0 Å². The van der Waals surface area contributed by atoms with Gasteiger partial charge in [-0.2, -0.15) is 10.4 Å². The number of rotatable bonds is 2. The lowest BCUT2D eigenvalue weighted by atomic mass is 9.89. The Hall–Kier alpha value is -1.71. The number of hydrogen-bond donors (Lipinski definition) is 1. The average Bonchev–Trinajstić information content (AvgIpc) is 2.83. The molecule has 1 spiro atoms. The van der Waals surface area contributed by atoms with Crippen LogP contribution in [0, 0.1) is 11.3 Å². The van der Waals surface area contributed by atoms with Crippen molar-refractivity contribution in [1.82, 2.24) is 15.5 Å². The Morgan fingerprint density at radius 1 is 1.47 bits per heavy atom. The smallest absolute Gasteiger partial charge is 0.251 e. The molecule has 3 heterocycles. The molecule has 0 bridgehead atoms. The molecule has 19 heavy (non-hydrogen) atoms. The first kappa shape index (κ1) is 12.3. The van der Waals surface area contributed by atoms with Crippen molar-refractivity contribution in [3.8, 4) is 11.9 Å². The maximum atomic E-state index is 9.00. The highest BCUT2D eigenvalue weighted by atomic mass is 16.6. The second-order valence-corrected chi connectivity index (χ2v) is 5.05. The zero-order chi connectivity index (χ0) is 13.1. The summed E-state index contributed by atoms with van der Waals surface area (Å²) in [4.78, 5) is 0. The number of hydrogen-bond acceptors (Lipinski definition) is 6. The number of nitrogens with one attached hydrogen (secondary N) is 1. The van der Waals surface area contributed by atoms with E-state index in [0.717, 1.165) is 32.4 Å². The van der Waals surface area contributed by atoms with Gasteiger partial charge < -0.3 is 14.8 Å².